The Labute approximate surface area is 88.8 Å². The van der Waals surface area contributed by atoms with E-state index in [4.69, 9.17) is 9.84 Å². The highest BCUT2D eigenvalue weighted by Crippen LogP contribution is 2.34. The molecule has 0 aromatic rings. The molecule has 1 atom stereocenters. The van der Waals surface area contributed by atoms with Crippen LogP contribution in [0.5, 0.6) is 0 Å². The van der Waals surface area contributed by atoms with Crippen molar-refractivity contribution in [3.63, 3.8) is 0 Å². The van der Waals surface area contributed by atoms with E-state index in [1.54, 1.807) is 7.11 Å². The minimum Gasteiger partial charge on any atom is -0.481 e. The molecule has 0 bridgehead atoms. The van der Waals surface area contributed by atoms with Crippen LogP contribution >= 0.6 is 0 Å². The lowest BCUT2D eigenvalue weighted by atomic mass is 9.80. The van der Waals surface area contributed by atoms with E-state index in [0.29, 0.717) is 6.54 Å². The van der Waals surface area contributed by atoms with E-state index >= 15 is 0 Å². The molecule has 5 nitrogen and oxygen atoms in total. The summed E-state index contributed by atoms with van der Waals surface area (Å²) < 4.78 is 5.30. The number of hydrogen-bond acceptors (Lipinski definition) is 3. The standard InChI is InChI=1S/C10H17NO4/c1-7(9(13)14)8(12)11-6-10(15-2)4-3-5-10/h7H,3-6H2,1-2H3,(H,11,12)(H,13,14). The number of carboxylic acid groups (broad SMARTS) is 1. The number of hydrogen-bond donors (Lipinski definition) is 2. The number of aliphatic carboxylic acids is 1. The van der Waals surface area contributed by atoms with E-state index in [1.165, 1.54) is 6.92 Å². The predicted octanol–water partition coefficient (Wildman–Crippen LogP) is 0.392. The second-order valence-electron chi connectivity index (χ2n) is 4.02. The van der Waals surface area contributed by atoms with Crippen molar-refractivity contribution in [3.8, 4) is 0 Å². The number of methoxy groups -OCH3 is 1. The molecule has 1 saturated carbocycles. The minimum atomic E-state index is -1.10. The SMILES string of the molecule is COC1(CNC(=O)C(C)C(=O)O)CCC1. The monoisotopic (exact) mass is 215 g/mol. The fraction of sp³-hybridized carbons (Fsp3) is 0.800. The maximum Gasteiger partial charge on any atom is 0.315 e. The molecule has 5 heteroatoms. The maximum absolute atomic E-state index is 11.3. The third-order valence-corrected chi connectivity index (χ3v) is 3.05. The molecule has 86 valence electrons. The molecule has 1 unspecified atom stereocenters. The third kappa shape index (κ3) is 2.68. The molecule has 1 fully saturated rings. The zero-order valence-electron chi connectivity index (χ0n) is 9.08. The van der Waals surface area contributed by atoms with Crippen LogP contribution in [-0.4, -0.2) is 36.2 Å². The van der Waals surface area contributed by atoms with Gasteiger partial charge in [0.05, 0.1) is 5.60 Å². The normalized spacial score (nSPS) is 20.1. The molecule has 0 saturated heterocycles. The second-order valence-corrected chi connectivity index (χ2v) is 4.02. The number of nitrogens with one attached hydrogen (secondary N) is 1. The van der Waals surface area contributed by atoms with Crippen LogP contribution in [0.2, 0.25) is 0 Å². The Hall–Kier alpha value is -1.10. The predicted molar refractivity (Wildman–Crippen MR) is 53.4 cm³/mol. The summed E-state index contributed by atoms with van der Waals surface area (Å²) in [7, 11) is 1.62. The summed E-state index contributed by atoms with van der Waals surface area (Å²) in [4.78, 5) is 21.9. The molecule has 1 rings (SSSR count). The molecule has 0 spiro atoms. The second kappa shape index (κ2) is 4.61. The average molecular weight is 215 g/mol. The van der Waals surface area contributed by atoms with Gasteiger partial charge in [-0.1, -0.05) is 0 Å². The quantitative estimate of drug-likeness (QED) is 0.650. The largest absolute Gasteiger partial charge is 0.481 e. The van der Waals surface area contributed by atoms with Gasteiger partial charge in [0.15, 0.2) is 0 Å². The van der Waals surface area contributed by atoms with E-state index in [0.717, 1.165) is 19.3 Å². The maximum atomic E-state index is 11.3. The summed E-state index contributed by atoms with van der Waals surface area (Å²) in [5.74, 6) is -2.56. The average Bonchev–Trinajstić information content (AvgIpc) is 2.15. The Morgan fingerprint density at radius 1 is 1.53 bits per heavy atom. The first-order chi connectivity index (χ1) is 7.01. The van der Waals surface area contributed by atoms with Crippen LogP contribution < -0.4 is 5.32 Å². The highest BCUT2D eigenvalue weighted by molar-refractivity contribution is 5.96. The fourth-order valence-corrected chi connectivity index (χ4v) is 1.54. The van der Waals surface area contributed by atoms with Gasteiger partial charge in [0, 0.05) is 13.7 Å². The van der Waals surface area contributed by atoms with Gasteiger partial charge in [0.1, 0.15) is 5.92 Å². The molecular weight excluding hydrogens is 198 g/mol. The lowest BCUT2D eigenvalue weighted by molar-refractivity contribution is -0.147. The van der Waals surface area contributed by atoms with Crippen LogP contribution in [0.15, 0.2) is 0 Å². The van der Waals surface area contributed by atoms with Gasteiger partial charge in [-0.15, -0.1) is 0 Å². The number of carbonyl (C=O) groups is 2. The third-order valence-electron chi connectivity index (χ3n) is 3.05. The van der Waals surface area contributed by atoms with E-state index in [-0.39, 0.29) is 5.60 Å². The number of carboxylic acids is 1. The zero-order chi connectivity index (χ0) is 11.5. The van der Waals surface area contributed by atoms with Crippen molar-refractivity contribution in [1.29, 1.82) is 0 Å². The van der Waals surface area contributed by atoms with Crippen molar-refractivity contribution in [3.05, 3.63) is 0 Å². The lowest BCUT2D eigenvalue weighted by Crippen LogP contribution is -2.50. The van der Waals surface area contributed by atoms with Crippen molar-refractivity contribution < 1.29 is 19.4 Å². The van der Waals surface area contributed by atoms with Crippen molar-refractivity contribution >= 4 is 11.9 Å². The summed E-state index contributed by atoms with van der Waals surface area (Å²) >= 11 is 0. The van der Waals surface area contributed by atoms with Gasteiger partial charge in [0.25, 0.3) is 0 Å². The molecule has 0 aliphatic heterocycles. The van der Waals surface area contributed by atoms with Gasteiger partial charge in [-0.2, -0.15) is 0 Å². The molecule has 0 aromatic carbocycles. The first-order valence-corrected chi connectivity index (χ1v) is 5.06. The highest BCUT2D eigenvalue weighted by atomic mass is 16.5. The van der Waals surface area contributed by atoms with Crippen molar-refractivity contribution in [1.82, 2.24) is 5.32 Å². The Morgan fingerprint density at radius 3 is 2.47 bits per heavy atom. The van der Waals surface area contributed by atoms with Gasteiger partial charge in [-0.05, 0) is 26.2 Å². The molecule has 0 heterocycles. The van der Waals surface area contributed by atoms with Gasteiger partial charge >= 0.3 is 5.97 Å². The summed E-state index contributed by atoms with van der Waals surface area (Å²) in [6, 6.07) is 0. The summed E-state index contributed by atoms with van der Waals surface area (Å²) in [5.41, 5.74) is -0.256. The summed E-state index contributed by atoms with van der Waals surface area (Å²) in [6.45, 7) is 1.78. The number of amides is 1. The summed E-state index contributed by atoms with van der Waals surface area (Å²) in [5, 5.41) is 11.2. The summed E-state index contributed by atoms with van der Waals surface area (Å²) in [6.07, 6.45) is 2.94. The molecule has 1 amide bonds. The topological polar surface area (TPSA) is 75.6 Å². The first kappa shape index (κ1) is 12.0. The number of carbonyl (C=O) groups excluding carboxylic acids is 1. The first-order valence-electron chi connectivity index (χ1n) is 5.06. The minimum absolute atomic E-state index is 0.256. The Kier molecular flexibility index (Phi) is 3.68. The van der Waals surface area contributed by atoms with Crippen molar-refractivity contribution in [2.75, 3.05) is 13.7 Å². The van der Waals surface area contributed by atoms with E-state index in [1.807, 2.05) is 0 Å². The molecule has 15 heavy (non-hydrogen) atoms. The molecule has 2 N–H and O–H groups in total. The Bertz CT molecular complexity index is 255. The molecule has 0 aromatic heterocycles. The van der Waals surface area contributed by atoms with Crippen molar-refractivity contribution in [2.24, 2.45) is 5.92 Å². The fourth-order valence-electron chi connectivity index (χ4n) is 1.54. The lowest BCUT2D eigenvalue weighted by Gasteiger charge is -2.40. The van der Waals surface area contributed by atoms with Crippen LogP contribution in [-0.2, 0) is 14.3 Å². The molecular formula is C10H17NO4. The van der Waals surface area contributed by atoms with Crippen LogP contribution in [0.1, 0.15) is 26.2 Å². The molecule has 0 radical (unpaired) electrons. The van der Waals surface area contributed by atoms with Gasteiger partial charge < -0.3 is 15.2 Å². The number of rotatable bonds is 5. The molecule has 1 aliphatic rings. The van der Waals surface area contributed by atoms with Crippen LogP contribution in [0, 0.1) is 5.92 Å². The van der Waals surface area contributed by atoms with Gasteiger partial charge in [-0.25, -0.2) is 0 Å². The highest BCUT2D eigenvalue weighted by Gasteiger charge is 2.37. The number of ether oxygens (including phenoxy) is 1. The van der Waals surface area contributed by atoms with Gasteiger partial charge in [0.2, 0.25) is 5.91 Å². The van der Waals surface area contributed by atoms with Gasteiger partial charge in [-0.3, -0.25) is 9.59 Å². The smallest absolute Gasteiger partial charge is 0.315 e. The van der Waals surface area contributed by atoms with Crippen LogP contribution in [0.25, 0.3) is 0 Å². The van der Waals surface area contributed by atoms with E-state index < -0.39 is 17.8 Å². The van der Waals surface area contributed by atoms with E-state index in [9.17, 15) is 9.59 Å². The van der Waals surface area contributed by atoms with E-state index in [2.05, 4.69) is 5.32 Å². The van der Waals surface area contributed by atoms with Crippen LogP contribution in [0.4, 0.5) is 0 Å². The van der Waals surface area contributed by atoms with Crippen molar-refractivity contribution in [2.45, 2.75) is 31.8 Å². The van der Waals surface area contributed by atoms with Crippen LogP contribution in [0.3, 0.4) is 0 Å². The zero-order valence-corrected chi connectivity index (χ0v) is 9.08. The Morgan fingerprint density at radius 2 is 2.13 bits per heavy atom. The molecule has 1 aliphatic carbocycles. The Balaban J connectivity index is 2.36.